The summed E-state index contributed by atoms with van der Waals surface area (Å²) in [7, 11) is 2.00. The van der Waals surface area contributed by atoms with E-state index in [0.717, 1.165) is 25.1 Å². The second-order valence-corrected chi connectivity index (χ2v) is 8.73. The smallest absolute Gasteiger partial charge is 0.223 e. The summed E-state index contributed by atoms with van der Waals surface area (Å²) < 4.78 is 0. The maximum Gasteiger partial charge on any atom is 0.223 e. The number of likely N-dealkylation sites (tertiary alicyclic amines) is 1. The van der Waals surface area contributed by atoms with Crippen molar-refractivity contribution in [3.8, 4) is 0 Å². The molecule has 1 saturated heterocycles. The Hall–Kier alpha value is -2.46. The van der Waals surface area contributed by atoms with E-state index in [1.807, 2.05) is 24.2 Å². The molecule has 9 nitrogen and oxygen atoms in total. The number of aliphatic hydroxyl groups excluding tert-OH is 1. The molecule has 0 radical (unpaired) electrons. The van der Waals surface area contributed by atoms with Crippen LogP contribution in [0.5, 0.6) is 0 Å². The van der Waals surface area contributed by atoms with Crippen LogP contribution in [0, 0.1) is 5.41 Å². The van der Waals surface area contributed by atoms with E-state index in [-0.39, 0.29) is 17.4 Å². The number of carbonyl (C=O) groups excluding carboxylic acids is 2. The predicted octanol–water partition coefficient (Wildman–Crippen LogP) is 0.558. The molecule has 1 aromatic carbocycles. The summed E-state index contributed by atoms with van der Waals surface area (Å²) in [5.74, 6) is 8.17. The number of rotatable bonds is 5. The number of hydrogen-bond acceptors (Lipinski definition) is 7. The van der Waals surface area contributed by atoms with E-state index in [2.05, 4.69) is 61.4 Å². The molecule has 0 aliphatic carbocycles. The lowest BCUT2D eigenvalue weighted by Crippen LogP contribution is -2.32. The largest absolute Gasteiger partial charge is 0.391 e. The molecule has 0 saturated carbocycles. The quantitative estimate of drug-likeness (QED) is 0.259. The van der Waals surface area contributed by atoms with Gasteiger partial charge >= 0.3 is 0 Å². The zero-order chi connectivity index (χ0) is 23.4. The summed E-state index contributed by atoms with van der Waals surface area (Å²) in [5.41, 5.74) is 6.72. The van der Waals surface area contributed by atoms with Crippen LogP contribution in [0.4, 0.5) is 0 Å². The zero-order valence-corrected chi connectivity index (χ0v) is 19.1. The van der Waals surface area contributed by atoms with Crippen molar-refractivity contribution >= 4 is 18.0 Å². The highest BCUT2D eigenvalue weighted by molar-refractivity contribution is 5.77. The minimum absolute atomic E-state index is 0.0463. The van der Waals surface area contributed by atoms with Gasteiger partial charge in [0.2, 0.25) is 12.3 Å². The van der Waals surface area contributed by atoms with Crippen molar-refractivity contribution in [3.63, 3.8) is 0 Å². The maximum atomic E-state index is 11.6. The average Bonchev–Trinajstić information content (AvgIpc) is 3.36. The molecular weight excluding hydrogens is 396 g/mol. The van der Waals surface area contributed by atoms with Crippen molar-refractivity contribution in [1.29, 1.82) is 0 Å². The van der Waals surface area contributed by atoms with Gasteiger partial charge in [-0.25, -0.2) is 5.43 Å². The third-order valence-corrected chi connectivity index (χ3v) is 4.82. The molecule has 1 unspecified atom stereocenters. The van der Waals surface area contributed by atoms with Crippen molar-refractivity contribution in [2.24, 2.45) is 17.1 Å². The number of amides is 2. The number of nitrogens with zero attached hydrogens (tertiary/aromatic N) is 2. The first-order chi connectivity index (χ1) is 14.7. The lowest BCUT2D eigenvalue weighted by molar-refractivity contribution is -0.132. The monoisotopic (exact) mass is 434 g/mol. The van der Waals surface area contributed by atoms with E-state index in [1.54, 1.807) is 4.90 Å². The molecule has 3 rings (SSSR count). The first kappa shape index (κ1) is 26.6. The molecular formula is C22H38N6O3. The van der Waals surface area contributed by atoms with Gasteiger partial charge in [0.25, 0.3) is 0 Å². The number of benzene rings is 1. The van der Waals surface area contributed by atoms with Crippen LogP contribution in [0.2, 0.25) is 0 Å². The summed E-state index contributed by atoms with van der Waals surface area (Å²) >= 11 is 0. The first-order valence-electron chi connectivity index (χ1n) is 10.4. The highest BCUT2D eigenvalue weighted by Gasteiger charge is 2.27. The highest BCUT2D eigenvalue weighted by atomic mass is 16.3. The Morgan fingerprint density at radius 3 is 2.39 bits per heavy atom. The van der Waals surface area contributed by atoms with E-state index in [0.29, 0.717) is 25.9 Å². The SMILES string of the molecule is CC(C)(C)CC(=O)N1CCC(O)C1.CN1NCC=C1c1ccc(CNC=O)cc1.NN. The molecule has 1 aromatic rings. The molecule has 0 spiro atoms. The number of nitrogens with two attached hydrogens (primary N) is 2. The fourth-order valence-corrected chi connectivity index (χ4v) is 3.30. The molecule has 31 heavy (non-hydrogen) atoms. The number of hydrogen-bond donors (Lipinski definition) is 5. The van der Waals surface area contributed by atoms with Crippen LogP contribution in [0.3, 0.4) is 0 Å². The van der Waals surface area contributed by atoms with Gasteiger partial charge in [-0.15, -0.1) is 0 Å². The minimum Gasteiger partial charge on any atom is -0.391 e. The molecule has 174 valence electrons. The Bertz CT molecular complexity index is 715. The van der Waals surface area contributed by atoms with Crippen LogP contribution in [-0.2, 0) is 16.1 Å². The van der Waals surface area contributed by atoms with Gasteiger partial charge in [0, 0.05) is 39.6 Å². The molecule has 1 atom stereocenters. The zero-order valence-electron chi connectivity index (χ0n) is 19.1. The Labute approximate surface area is 185 Å². The molecule has 2 amide bonds. The van der Waals surface area contributed by atoms with Crippen LogP contribution < -0.4 is 22.4 Å². The van der Waals surface area contributed by atoms with Gasteiger partial charge in [-0.05, 0) is 29.0 Å². The molecule has 2 aliphatic rings. The second-order valence-electron chi connectivity index (χ2n) is 8.73. The first-order valence-corrected chi connectivity index (χ1v) is 10.4. The van der Waals surface area contributed by atoms with Crippen molar-refractivity contribution < 1.29 is 14.7 Å². The number of β-amino-alcohol motifs (C(OH)–C–C–N with tert-alkyl or cyclic N) is 1. The normalized spacial score (nSPS) is 17.8. The summed E-state index contributed by atoms with van der Waals surface area (Å²) in [6.45, 7) is 8.86. The highest BCUT2D eigenvalue weighted by Crippen LogP contribution is 2.22. The molecule has 1 fully saturated rings. The van der Waals surface area contributed by atoms with Crippen LogP contribution >= 0.6 is 0 Å². The summed E-state index contributed by atoms with van der Waals surface area (Å²) in [6, 6.07) is 8.19. The third kappa shape index (κ3) is 9.48. The van der Waals surface area contributed by atoms with Crippen molar-refractivity contribution in [1.82, 2.24) is 20.7 Å². The van der Waals surface area contributed by atoms with Gasteiger partial charge in [0.05, 0.1) is 11.8 Å². The molecule has 2 aliphatic heterocycles. The van der Waals surface area contributed by atoms with Crippen molar-refractivity contribution in [3.05, 3.63) is 41.5 Å². The molecule has 0 bridgehead atoms. The Kier molecular flexibility index (Phi) is 11.2. The predicted molar refractivity (Wildman–Crippen MR) is 123 cm³/mol. The van der Waals surface area contributed by atoms with E-state index < -0.39 is 0 Å². The number of hydrazine groups is 2. The maximum absolute atomic E-state index is 11.6. The number of aliphatic hydroxyl groups is 1. The van der Waals surface area contributed by atoms with Gasteiger partial charge < -0.3 is 20.3 Å². The Morgan fingerprint density at radius 1 is 1.29 bits per heavy atom. The lowest BCUT2D eigenvalue weighted by Gasteiger charge is -2.22. The second kappa shape index (κ2) is 13.1. The lowest BCUT2D eigenvalue weighted by atomic mass is 9.92. The average molecular weight is 435 g/mol. The van der Waals surface area contributed by atoms with Gasteiger partial charge in [-0.2, -0.15) is 0 Å². The number of nitrogens with one attached hydrogen (secondary N) is 2. The third-order valence-electron chi connectivity index (χ3n) is 4.82. The van der Waals surface area contributed by atoms with Gasteiger partial charge in [0.15, 0.2) is 0 Å². The summed E-state index contributed by atoms with van der Waals surface area (Å²) in [6.07, 6.45) is 3.86. The number of carbonyl (C=O) groups is 2. The topological polar surface area (TPSA) is 137 Å². The Morgan fingerprint density at radius 2 is 1.94 bits per heavy atom. The fraction of sp³-hybridized carbons (Fsp3) is 0.545. The van der Waals surface area contributed by atoms with Gasteiger partial charge in [-0.1, -0.05) is 45.0 Å². The van der Waals surface area contributed by atoms with Crippen LogP contribution in [0.25, 0.3) is 5.70 Å². The van der Waals surface area contributed by atoms with Crippen LogP contribution in [-0.4, -0.2) is 60.1 Å². The standard InChI is InChI=1S/C12H15N3O.C10H19NO2.H4N2/c1-15-12(6-7-14-15)11-4-2-10(3-5-11)8-13-9-16;1-10(2,3)6-9(13)11-5-4-8(12)7-11;1-2/h2-6,9,14H,7-8H2,1H3,(H,13,16);8,12H,4-7H2,1-3H3;1-2H2. The van der Waals surface area contributed by atoms with Gasteiger partial charge in [0.1, 0.15) is 0 Å². The van der Waals surface area contributed by atoms with E-state index >= 15 is 0 Å². The summed E-state index contributed by atoms with van der Waals surface area (Å²) in [4.78, 5) is 23.5. The molecule has 0 aromatic heterocycles. The van der Waals surface area contributed by atoms with Crippen LogP contribution in [0.15, 0.2) is 30.3 Å². The molecule has 2 heterocycles. The summed E-state index contributed by atoms with van der Waals surface area (Å²) in [5, 5.41) is 13.9. The van der Waals surface area contributed by atoms with E-state index in [4.69, 9.17) is 0 Å². The van der Waals surface area contributed by atoms with Crippen LogP contribution in [0.1, 0.15) is 44.7 Å². The van der Waals surface area contributed by atoms with E-state index in [1.165, 1.54) is 11.3 Å². The van der Waals surface area contributed by atoms with E-state index in [9.17, 15) is 14.7 Å². The Balaban J connectivity index is 0.000000293. The van der Waals surface area contributed by atoms with Crippen molar-refractivity contribution in [2.75, 3.05) is 26.7 Å². The minimum atomic E-state index is -0.302. The molecule has 7 N–H and O–H groups in total. The fourth-order valence-electron chi connectivity index (χ4n) is 3.30. The van der Waals surface area contributed by atoms with Gasteiger partial charge in [-0.3, -0.25) is 21.3 Å². The molecule has 9 heteroatoms. The van der Waals surface area contributed by atoms with Crippen molar-refractivity contribution in [2.45, 2.75) is 46.3 Å².